The summed E-state index contributed by atoms with van der Waals surface area (Å²) in [6, 6.07) is 12.8. The molecule has 0 saturated heterocycles. The molecule has 0 spiro atoms. The molecule has 1 N–H and O–H groups in total. The summed E-state index contributed by atoms with van der Waals surface area (Å²) in [6.45, 7) is 9.75. The van der Waals surface area contributed by atoms with E-state index in [1.807, 2.05) is 18.2 Å². The molecule has 32 heavy (non-hydrogen) atoms. The minimum absolute atomic E-state index is 0.303. The summed E-state index contributed by atoms with van der Waals surface area (Å²) in [5, 5.41) is 4.70. The van der Waals surface area contributed by atoms with Gasteiger partial charge in [0.05, 0.1) is 12.8 Å². The Bertz CT molecular complexity index is 920. The topological polar surface area (TPSA) is 27.7 Å². The van der Waals surface area contributed by atoms with Crippen molar-refractivity contribution in [2.24, 2.45) is 0 Å². The first-order valence-corrected chi connectivity index (χ1v) is 12.5. The maximum Gasteiger partial charge on any atom is 0.174 e. The molecular formula is C26H36ClN3OS. The third kappa shape index (κ3) is 6.08. The van der Waals surface area contributed by atoms with E-state index < -0.39 is 0 Å². The highest BCUT2D eigenvalue weighted by molar-refractivity contribution is 7.80. The molecule has 6 heteroatoms. The largest absolute Gasteiger partial charge is 0.495 e. The third-order valence-electron chi connectivity index (χ3n) is 6.28. The van der Waals surface area contributed by atoms with Crippen LogP contribution in [0.2, 0.25) is 5.02 Å². The maximum atomic E-state index is 6.21. The van der Waals surface area contributed by atoms with Crippen molar-refractivity contribution in [2.45, 2.75) is 65.5 Å². The Balaban J connectivity index is 1.79. The molecule has 0 fully saturated rings. The number of hydrogen-bond acceptors (Lipinski definition) is 3. The van der Waals surface area contributed by atoms with E-state index in [-0.39, 0.29) is 0 Å². The van der Waals surface area contributed by atoms with Crippen molar-refractivity contribution in [3.63, 3.8) is 0 Å². The van der Waals surface area contributed by atoms with Crippen LogP contribution >= 0.6 is 23.8 Å². The summed E-state index contributed by atoms with van der Waals surface area (Å²) in [5.74, 6) is 0.724. The smallest absolute Gasteiger partial charge is 0.174 e. The third-order valence-corrected chi connectivity index (χ3v) is 6.85. The van der Waals surface area contributed by atoms with Gasteiger partial charge in [0.1, 0.15) is 5.75 Å². The summed E-state index contributed by atoms with van der Waals surface area (Å²) >= 11 is 12.1. The standard InChI is InChI=1S/C26H36ClN3OS/c1-5-7-14-29-15-8-9-21-16-20(10-12-24(21)29)18-30(19(3)6-2)26(32)28-23-17-22(27)11-13-25(23)31-4/h10-13,16-17,19H,5-9,14-15,18H2,1-4H3,(H,28,32)/t19-/m0/s1. The van der Waals surface area contributed by atoms with Crippen LogP contribution in [-0.4, -0.2) is 36.3 Å². The maximum absolute atomic E-state index is 6.21. The van der Waals surface area contributed by atoms with Gasteiger partial charge in [-0.3, -0.25) is 0 Å². The fourth-order valence-electron chi connectivity index (χ4n) is 4.22. The number of nitrogens with one attached hydrogen (secondary N) is 1. The van der Waals surface area contributed by atoms with Crippen LogP contribution < -0.4 is 15.0 Å². The lowest BCUT2D eigenvalue weighted by molar-refractivity contribution is 0.319. The quantitative estimate of drug-likeness (QED) is 0.400. The first-order chi connectivity index (χ1) is 15.5. The van der Waals surface area contributed by atoms with Crippen molar-refractivity contribution < 1.29 is 4.74 Å². The van der Waals surface area contributed by atoms with Crippen LogP contribution in [0.3, 0.4) is 0 Å². The van der Waals surface area contributed by atoms with Crippen LogP contribution in [-0.2, 0) is 13.0 Å². The highest BCUT2D eigenvalue weighted by Gasteiger charge is 2.20. The highest BCUT2D eigenvalue weighted by atomic mass is 35.5. The molecule has 2 aromatic rings. The summed E-state index contributed by atoms with van der Waals surface area (Å²) in [5.41, 5.74) is 4.95. The van der Waals surface area contributed by atoms with Crippen LogP contribution in [0.1, 0.15) is 57.6 Å². The molecule has 1 aliphatic heterocycles. The number of anilines is 2. The van der Waals surface area contributed by atoms with Gasteiger partial charge in [-0.15, -0.1) is 0 Å². The lowest BCUT2D eigenvalue weighted by atomic mass is 9.98. The Labute approximate surface area is 203 Å². The van der Waals surface area contributed by atoms with Gasteiger partial charge in [0.2, 0.25) is 0 Å². The predicted octanol–water partition coefficient (Wildman–Crippen LogP) is 6.90. The molecule has 1 atom stereocenters. The molecule has 2 aromatic carbocycles. The molecule has 0 bridgehead atoms. The Hall–Kier alpha value is -1.98. The second-order valence-electron chi connectivity index (χ2n) is 8.57. The average molecular weight is 474 g/mol. The van der Waals surface area contributed by atoms with E-state index in [0.29, 0.717) is 16.2 Å². The zero-order valence-electron chi connectivity index (χ0n) is 19.8. The Morgan fingerprint density at radius 3 is 2.78 bits per heavy atom. The summed E-state index contributed by atoms with van der Waals surface area (Å²) in [7, 11) is 1.65. The average Bonchev–Trinajstić information content (AvgIpc) is 2.80. The monoisotopic (exact) mass is 473 g/mol. The number of hydrogen-bond donors (Lipinski definition) is 1. The Morgan fingerprint density at radius 1 is 1.25 bits per heavy atom. The summed E-state index contributed by atoms with van der Waals surface area (Å²) < 4.78 is 5.48. The van der Waals surface area contributed by atoms with Gasteiger partial charge >= 0.3 is 0 Å². The van der Waals surface area contributed by atoms with Crippen molar-refractivity contribution in [3.05, 3.63) is 52.5 Å². The van der Waals surface area contributed by atoms with Gasteiger partial charge in [0.15, 0.2) is 5.11 Å². The van der Waals surface area contributed by atoms with Crippen molar-refractivity contribution in [1.82, 2.24) is 4.90 Å². The number of benzene rings is 2. The normalized spacial score (nSPS) is 14.0. The minimum atomic E-state index is 0.303. The van der Waals surface area contributed by atoms with E-state index in [4.69, 9.17) is 28.6 Å². The zero-order valence-corrected chi connectivity index (χ0v) is 21.4. The molecule has 0 aliphatic carbocycles. The van der Waals surface area contributed by atoms with Crippen LogP contribution in [0.25, 0.3) is 0 Å². The molecule has 1 heterocycles. The predicted molar refractivity (Wildman–Crippen MR) is 141 cm³/mol. The van der Waals surface area contributed by atoms with Gasteiger partial charge in [-0.05, 0) is 80.2 Å². The van der Waals surface area contributed by atoms with Crippen LogP contribution in [0, 0.1) is 0 Å². The molecule has 0 aromatic heterocycles. The lowest BCUT2D eigenvalue weighted by Gasteiger charge is -2.34. The van der Waals surface area contributed by atoms with Crippen molar-refractivity contribution in [2.75, 3.05) is 30.4 Å². The fourth-order valence-corrected chi connectivity index (χ4v) is 4.74. The second kappa shape index (κ2) is 11.8. The zero-order chi connectivity index (χ0) is 23.1. The summed E-state index contributed by atoms with van der Waals surface area (Å²) in [6.07, 6.45) is 5.86. The van der Waals surface area contributed by atoms with Gasteiger partial charge in [-0.2, -0.15) is 0 Å². The van der Waals surface area contributed by atoms with E-state index >= 15 is 0 Å². The van der Waals surface area contributed by atoms with Gasteiger partial charge in [-0.1, -0.05) is 44.0 Å². The highest BCUT2D eigenvalue weighted by Crippen LogP contribution is 2.30. The molecule has 0 radical (unpaired) electrons. The van der Waals surface area contributed by atoms with E-state index in [1.165, 1.54) is 42.6 Å². The van der Waals surface area contributed by atoms with Gasteiger partial charge in [0, 0.05) is 36.4 Å². The van der Waals surface area contributed by atoms with E-state index in [0.717, 1.165) is 37.4 Å². The number of thiocarbonyl (C=S) groups is 1. The van der Waals surface area contributed by atoms with Crippen molar-refractivity contribution >= 4 is 40.3 Å². The summed E-state index contributed by atoms with van der Waals surface area (Å²) in [4.78, 5) is 4.81. The number of halogens is 1. The molecule has 1 aliphatic rings. The molecule has 0 unspecified atom stereocenters. The Morgan fingerprint density at radius 2 is 2.06 bits per heavy atom. The second-order valence-corrected chi connectivity index (χ2v) is 9.39. The first kappa shape index (κ1) is 24.7. The molecule has 4 nitrogen and oxygen atoms in total. The van der Waals surface area contributed by atoms with E-state index in [1.54, 1.807) is 7.11 Å². The van der Waals surface area contributed by atoms with Gasteiger partial charge in [0.25, 0.3) is 0 Å². The molecule has 3 rings (SSSR count). The van der Waals surface area contributed by atoms with Gasteiger partial charge < -0.3 is 19.9 Å². The SMILES string of the molecule is CCCCN1CCCc2cc(CN(C(=S)Nc3cc(Cl)ccc3OC)[C@@H](C)CC)ccc21. The molecule has 174 valence electrons. The molecule has 0 amide bonds. The van der Waals surface area contributed by atoms with E-state index in [9.17, 15) is 0 Å². The van der Waals surface area contributed by atoms with E-state index in [2.05, 4.69) is 54.1 Å². The first-order valence-electron chi connectivity index (χ1n) is 11.7. The molecule has 0 saturated carbocycles. The molecular weight excluding hydrogens is 438 g/mol. The fraction of sp³-hybridized carbons (Fsp3) is 0.500. The Kier molecular flexibility index (Phi) is 9.06. The van der Waals surface area contributed by atoms with Crippen molar-refractivity contribution in [3.8, 4) is 5.75 Å². The number of aryl methyl sites for hydroxylation is 1. The number of ether oxygens (including phenoxy) is 1. The number of fused-ring (bicyclic) bond motifs is 1. The van der Waals surface area contributed by atoms with Crippen LogP contribution in [0.15, 0.2) is 36.4 Å². The lowest BCUT2D eigenvalue weighted by Crippen LogP contribution is -2.40. The minimum Gasteiger partial charge on any atom is -0.495 e. The van der Waals surface area contributed by atoms with Crippen LogP contribution in [0.5, 0.6) is 5.75 Å². The number of unbranched alkanes of at least 4 members (excludes halogenated alkanes) is 1. The number of nitrogens with zero attached hydrogens (tertiary/aromatic N) is 2. The van der Waals surface area contributed by atoms with Crippen LogP contribution in [0.4, 0.5) is 11.4 Å². The number of rotatable bonds is 9. The van der Waals surface area contributed by atoms with Gasteiger partial charge in [-0.25, -0.2) is 0 Å². The number of methoxy groups -OCH3 is 1. The van der Waals surface area contributed by atoms with Crippen molar-refractivity contribution in [1.29, 1.82) is 0 Å².